The Bertz CT molecular complexity index is 524. The summed E-state index contributed by atoms with van der Waals surface area (Å²) >= 11 is 1.62. The Morgan fingerprint density at radius 1 is 1.45 bits per heavy atom. The molecule has 1 rings (SSSR count). The molecule has 1 N–H and O–H groups in total. The fraction of sp³-hybridized carbons (Fsp3) is 0.692. The van der Waals surface area contributed by atoms with E-state index in [2.05, 4.69) is 5.32 Å². The third-order valence-corrected chi connectivity index (χ3v) is 5.46. The van der Waals surface area contributed by atoms with Crippen LogP contribution in [0.2, 0.25) is 0 Å². The van der Waals surface area contributed by atoms with E-state index in [1.807, 2.05) is 20.1 Å². The average molecular weight is 320 g/mol. The molecular weight excluding hydrogens is 296 g/mol. The van der Waals surface area contributed by atoms with E-state index in [9.17, 15) is 8.42 Å². The number of furan rings is 1. The first kappa shape index (κ1) is 17.6. The number of rotatable bonds is 8. The lowest BCUT2D eigenvalue weighted by Gasteiger charge is -2.15. The molecule has 116 valence electrons. The minimum atomic E-state index is -3.46. The molecular formula is C13H24N2O3S2. The van der Waals surface area contributed by atoms with Gasteiger partial charge in [-0.2, -0.15) is 16.1 Å². The molecule has 1 heterocycles. The number of hydrogen-bond acceptors (Lipinski definition) is 5. The van der Waals surface area contributed by atoms with Crippen molar-refractivity contribution in [2.24, 2.45) is 0 Å². The van der Waals surface area contributed by atoms with Crippen LogP contribution in [0.25, 0.3) is 0 Å². The number of hydrogen-bond donors (Lipinski definition) is 1. The summed E-state index contributed by atoms with van der Waals surface area (Å²) in [5.74, 6) is 1.86. The van der Waals surface area contributed by atoms with Gasteiger partial charge in [0.15, 0.2) is 0 Å². The molecule has 0 radical (unpaired) electrons. The summed E-state index contributed by atoms with van der Waals surface area (Å²) in [7, 11) is -1.86. The second-order valence-electron chi connectivity index (χ2n) is 4.99. The van der Waals surface area contributed by atoms with Crippen LogP contribution in [0.5, 0.6) is 0 Å². The van der Waals surface area contributed by atoms with Gasteiger partial charge in [0.05, 0.1) is 6.54 Å². The first-order valence-corrected chi connectivity index (χ1v) is 9.40. The standard InChI is InChI=1S/C13H24N2O3S2/c1-10(2)14-9-12-8-13(11(3)18-12)20(16,17)15(4)6-7-19-5/h8,10,14H,6-7,9H2,1-5H3. The normalized spacial score (nSPS) is 12.6. The predicted octanol–water partition coefficient (Wildman–Crippen LogP) is 2.07. The zero-order valence-electron chi connectivity index (χ0n) is 12.8. The van der Waals surface area contributed by atoms with Gasteiger partial charge < -0.3 is 9.73 Å². The van der Waals surface area contributed by atoms with Gasteiger partial charge in [0.1, 0.15) is 16.4 Å². The van der Waals surface area contributed by atoms with Crippen molar-refractivity contribution in [3.8, 4) is 0 Å². The summed E-state index contributed by atoms with van der Waals surface area (Å²) in [6.45, 7) is 6.78. The van der Waals surface area contributed by atoms with Gasteiger partial charge in [0.25, 0.3) is 0 Å². The quantitative estimate of drug-likeness (QED) is 0.794. The molecule has 1 aromatic rings. The minimum absolute atomic E-state index is 0.265. The van der Waals surface area contributed by atoms with Crippen molar-refractivity contribution in [1.29, 1.82) is 0 Å². The van der Waals surface area contributed by atoms with E-state index in [1.54, 1.807) is 31.8 Å². The molecule has 0 aliphatic carbocycles. The van der Waals surface area contributed by atoms with E-state index in [1.165, 1.54) is 4.31 Å². The third-order valence-electron chi connectivity index (χ3n) is 2.91. The van der Waals surface area contributed by atoms with Crippen LogP contribution in [0.4, 0.5) is 0 Å². The molecule has 7 heteroatoms. The van der Waals surface area contributed by atoms with Gasteiger partial charge in [0, 0.05) is 31.5 Å². The van der Waals surface area contributed by atoms with Crippen molar-refractivity contribution in [1.82, 2.24) is 9.62 Å². The molecule has 0 fully saturated rings. The molecule has 0 saturated heterocycles. The van der Waals surface area contributed by atoms with Crippen LogP contribution < -0.4 is 5.32 Å². The van der Waals surface area contributed by atoms with E-state index in [4.69, 9.17) is 4.42 Å². The highest BCUT2D eigenvalue weighted by Gasteiger charge is 2.25. The highest BCUT2D eigenvalue weighted by Crippen LogP contribution is 2.23. The van der Waals surface area contributed by atoms with Crippen LogP contribution in [0, 0.1) is 6.92 Å². The van der Waals surface area contributed by atoms with Crippen molar-refractivity contribution in [2.45, 2.75) is 38.3 Å². The molecule has 5 nitrogen and oxygen atoms in total. The largest absolute Gasteiger partial charge is 0.464 e. The summed E-state index contributed by atoms with van der Waals surface area (Å²) in [5, 5.41) is 3.21. The fourth-order valence-electron chi connectivity index (χ4n) is 1.68. The molecule has 0 aromatic carbocycles. The van der Waals surface area contributed by atoms with Crippen LogP contribution >= 0.6 is 11.8 Å². The lowest BCUT2D eigenvalue weighted by molar-refractivity contribution is 0.441. The van der Waals surface area contributed by atoms with Crippen LogP contribution in [0.15, 0.2) is 15.4 Å². The first-order valence-electron chi connectivity index (χ1n) is 6.57. The number of nitrogens with zero attached hydrogens (tertiary/aromatic N) is 1. The van der Waals surface area contributed by atoms with Crippen molar-refractivity contribution in [3.05, 3.63) is 17.6 Å². The van der Waals surface area contributed by atoms with Gasteiger partial charge in [-0.15, -0.1) is 0 Å². The molecule has 1 aromatic heterocycles. The lowest BCUT2D eigenvalue weighted by atomic mass is 10.3. The topological polar surface area (TPSA) is 62.6 Å². The molecule has 0 amide bonds. The maximum atomic E-state index is 12.4. The van der Waals surface area contributed by atoms with Crippen LogP contribution in [-0.4, -0.2) is 44.4 Å². The number of thioether (sulfide) groups is 1. The Morgan fingerprint density at radius 2 is 2.10 bits per heavy atom. The van der Waals surface area contributed by atoms with Gasteiger partial charge in [0.2, 0.25) is 10.0 Å². The summed E-state index contributed by atoms with van der Waals surface area (Å²) in [6, 6.07) is 1.94. The average Bonchev–Trinajstić information content (AvgIpc) is 2.75. The van der Waals surface area contributed by atoms with Gasteiger partial charge in [-0.25, -0.2) is 8.42 Å². The van der Waals surface area contributed by atoms with Gasteiger partial charge in [-0.05, 0) is 13.2 Å². The maximum Gasteiger partial charge on any atom is 0.246 e. The summed E-state index contributed by atoms with van der Waals surface area (Å²) in [5.41, 5.74) is 0. The third kappa shape index (κ3) is 4.51. The monoisotopic (exact) mass is 320 g/mol. The highest BCUT2D eigenvalue weighted by molar-refractivity contribution is 7.98. The van der Waals surface area contributed by atoms with E-state index in [-0.39, 0.29) is 4.90 Å². The zero-order valence-corrected chi connectivity index (χ0v) is 14.4. The Hall–Kier alpha value is -0.500. The fourth-order valence-corrected chi connectivity index (χ4v) is 3.60. The van der Waals surface area contributed by atoms with Crippen molar-refractivity contribution < 1.29 is 12.8 Å². The van der Waals surface area contributed by atoms with Crippen molar-refractivity contribution >= 4 is 21.8 Å². The van der Waals surface area contributed by atoms with E-state index >= 15 is 0 Å². The maximum absolute atomic E-state index is 12.4. The summed E-state index contributed by atoms with van der Waals surface area (Å²) in [4.78, 5) is 0.265. The second kappa shape index (κ2) is 7.49. The van der Waals surface area contributed by atoms with Crippen LogP contribution in [0.3, 0.4) is 0 Å². The van der Waals surface area contributed by atoms with Gasteiger partial charge >= 0.3 is 0 Å². The molecule has 0 spiro atoms. The van der Waals surface area contributed by atoms with Gasteiger partial charge in [-0.3, -0.25) is 0 Å². The Morgan fingerprint density at radius 3 is 2.65 bits per heavy atom. The number of aryl methyl sites for hydroxylation is 1. The van der Waals surface area contributed by atoms with E-state index in [0.717, 1.165) is 5.75 Å². The molecule has 0 bridgehead atoms. The van der Waals surface area contributed by atoms with Crippen molar-refractivity contribution in [2.75, 3.05) is 25.6 Å². The minimum Gasteiger partial charge on any atom is -0.464 e. The molecule has 0 unspecified atom stereocenters. The number of sulfonamides is 1. The SMILES string of the molecule is CSCCN(C)S(=O)(=O)c1cc(CNC(C)C)oc1C. The molecule has 0 aliphatic heterocycles. The van der Waals surface area contributed by atoms with Crippen LogP contribution in [-0.2, 0) is 16.6 Å². The smallest absolute Gasteiger partial charge is 0.246 e. The summed E-state index contributed by atoms with van der Waals surface area (Å²) in [6.07, 6.45) is 1.96. The first-order chi connectivity index (χ1) is 9.28. The highest BCUT2D eigenvalue weighted by atomic mass is 32.2. The summed E-state index contributed by atoms with van der Waals surface area (Å²) < 4.78 is 31.8. The zero-order chi connectivity index (χ0) is 15.3. The Balaban J connectivity index is 2.89. The van der Waals surface area contributed by atoms with Crippen LogP contribution in [0.1, 0.15) is 25.4 Å². The molecule has 0 saturated carbocycles. The van der Waals surface area contributed by atoms with Crippen molar-refractivity contribution in [3.63, 3.8) is 0 Å². The Labute approximate surface area is 126 Å². The molecule has 0 aliphatic rings. The van der Waals surface area contributed by atoms with Gasteiger partial charge in [-0.1, -0.05) is 13.8 Å². The molecule has 0 atom stereocenters. The number of nitrogens with one attached hydrogen (secondary N) is 1. The van der Waals surface area contributed by atoms with E-state index < -0.39 is 10.0 Å². The molecule has 20 heavy (non-hydrogen) atoms. The van der Waals surface area contributed by atoms with E-state index in [0.29, 0.717) is 30.7 Å². The predicted molar refractivity (Wildman–Crippen MR) is 83.6 cm³/mol. The second-order valence-corrected chi connectivity index (χ2v) is 7.99. The lowest BCUT2D eigenvalue weighted by Crippen LogP contribution is -2.29. The Kier molecular flexibility index (Phi) is 6.57.